The van der Waals surface area contributed by atoms with Crippen LogP contribution in [0.3, 0.4) is 0 Å². The highest BCUT2D eigenvalue weighted by Gasteiger charge is 2.39. The standard InChI is InChI=1S/C14H22N2O3S/c1-9-10(11(17)18-6)20-12(15-9)16-7-13(2,3)19-14(4,5)8-16/h7-8H2,1-6H3. The molecule has 2 rings (SSSR count). The quantitative estimate of drug-likeness (QED) is 0.786. The van der Waals surface area contributed by atoms with E-state index in [0.29, 0.717) is 4.88 Å². The van der Waals surface area contributed by atoms with Crippen LogP contribution in [-0.4, -0.2) is 42.4 Å². The fourth-order valence-corrected chi connectivity index (χ4v) is 3.71. The Hall–Kier alpha value is -1.14. The fraction of sp³-hybridized carbons (Fsp3) is 0.714. The van der Waals surface area contributed by atoms with Crippen molar-refractivity contribution in [3.05, 3.63) is 10.6 Å². The highest BCUT2D eigenvalue weighted by molar-refractivity contribution is 7.17. The Balaban J connectivity index is 2.29. The first-order valence-corrected chi connectivity index (χ1v) is 7.46. The molecule has 0 atom stereocenters. The van der Waals surface area contributed by atoms with Gasteiger partial charge in [0.15, 0.2) is 5.13 Å². The first kappa shape index (κ1) is 15.3. The molecule has 0 aliphatic carbocycles. The lowest BCUT2D eigenvalue weighted by Gasteiger charge is -2.47. The van der Waals surface area contributed by atoms with Crippen molar-refractivity contribution in [3.63, 3.8) is 0 Å². The molecule has 2 heterocycles. The topological polar surface area (TPSA) is 51.7 Å². The Kier molecular flexibility index (Phi) is 3.81. The summed E-state index contributed by atoms with van der Waals surface area (Å²) >= 11 is 1.38. The van der Waals surface area contributed by atoms with Gasteiger partial charge in [0.1, 0.15) is 4.88 Å². The number of aryl methyl sites for hydroxylation is 1. The van der Waals surface area contributed by atoms with Gasteiger partial charge in [-0.15, -0.1) is 0 Å². The van der Waals surface area contributed by atoms with Crippen molar-refractivity contribution in [1.82, 2.24) is 4.98 Å². The molecule has 1 saturated heterocycles. The molecule has 5 nitrogen and oxygen atoms in total. The first-order chi connectivity index (χ1) is 9.13. The SMILES string of the molecule is COC(=O)c1sc(N2CC(C)(C)OC(C)(C)C2)nc1C. The maximum Gasteiger partial charge on any atom is 0.350 e. The predicted molar refractivity (Wildman–Crippen MR) is 79.6 cm³/mol. The second kappa shape index (κ2) is 5.00. The summed E-state index contributed by atoms with van der Waals surface area (Å²) in [6.45, 7) is 11.6. The predicted octanol–water partition coefficient (Wildman–Crippen LogP) is 2.63. The van der Waals surface area contributed by atoms with Gasteiger partial charge in [-0.1, -0.05) is 11.3 Å². The molecule has 20 heavy (non-hydrogen) atoms. The van der Waals surface area contributed by atoms with E-state index in [1.165, 1.54) is 18.4 Å². The van der Waals surface area contributed by atoms with E-state index in [9.17, 15) is 4.79 Å². The number of esters is 1. The first-order valence-electron chi connectivity index (χ1n) is 6.64. The number of rotatable bonds is 2. The summed E-state index contributed by atoms with van der Waals surface area (Å²) < 4.78 is 10.9. The highest BCUT2D eigenvalue weighted by Crippen LogP contribution is 2.34. The summed E-state index contributed by atoms with van der Waals surface area (Å²) in [7, 11) is 1.39. The van der Waals surface area contributed by atoms with Crippen LogP contribution >= 0.6 is 11.3 Å². The maximum atomic E-state index is 11.7. The van der Waals surface area contributed by atoms with Crippen molar-refractivity contribution in [3.8, 4) is 0 Å². The third-order valence-corrected chi connectivity index (χ3v) is 4.32. The smallest absolute Gasteiger partial charge is 0.350 e. The molecule has 1 aromatic heterocycles. The fourth-order valence-electron chi connectivity index (χ4n) is 2.72. The van der Waals surface area contributed by atoms with E-state index in [4.69, 9.17) is 9.47 Å². The van der Waals surface area contributed by atoms with Crippen LogP contribution in [0, 0.1) is 6.92 Å². The number of anilines is 1. The average Bonchev–Trinajstić information content (AvgIpc) is 2.66. The molecule has 0 N–H and O–H groups in total. The van der Waals surface area contributed by atoms with E-state index in [-0.39, 0.29) is 17.2 Å². The zero-order valence-electron chi connectivity index (χ0n) is 12.9. The van der Waals surface area contributed by atoms with E-state index in [1.54, 1.807) is 0 Å². The van der Waals surface area contributed by atoms with E-state index >= 15 is 0 Å². The Labute approximate surface area is 123 Å². The molecular weight excluding hydrogens is 276 g/mol. The van der Waals surface area contributed by atoms with Gasteiger partial charge in [-0.3, -0.25) is 0 Å². The third kappa shape index (κ3) is 3.12. The molecule has 6 heteroatoms. The lowest BCUT2D eigenvalue weighted by atomic mass is 9.99. The lowest BCUT2D eigenvalue weighted by Crippen LogP contribution is -2.57. The number of nitrogens with zero attached hydrogens (tertiary/aromatic N) is 2. The van der Waals surface area contributed by atoms with E-state index < -0.39 is 0 Å². The minimum absolute atomic E-state index is 0.243. The Morgan fingerprint density at radius 1 is 1.30 bits per heavy atom. The van der Waals surface area contributed by atoms with E-state index in [2.05, 4.69) is 37.6 Å². The van der Waals surface area contributed by atoms with Crippen molar-refractivity contribution < 1.29 is 14.3 Å². The third-order valence-electron chi connectivity index (χ3n) is 3.12. The second-order valence-corrected chi connectivity index (χ2v) is 7.36. The molecule has 0 unspecified atom stereocenters. The molecule has 0 bridgehead atoms. The molecule has 0 spiro atoms. The van der Waals surface area contributed by atoms with Gasteiger partial charge in [-0.05, 0) is 34.6 Å². The number of hydrogen-bond donors (Lipinski definition) is 0. The van der Waals surface area contributed by atoms with Crippen LogP contribution in [0.1, 0.15) is 43.1 Å². The Morgan fingerprint density at radius 2 is 1.85 bits per heavy atom. The minimum atomic E-state index is -0.321. The van der Waals surface area contributed by atoms with Gasteiger partial charge in [0, 0.05) is 13.1 Å². The zero-order chi connectivity index (χ0) is 15.1. The van der Waals surface area contributed by atoms with Gasteiger partial charge in [-0.25, -0.2) is 9.78 Å². The van der Waals surface area contributed by atoms with Crippen LogP contribution in [0.25, 0.3) is 0 Å². The van der Waals surface area contributed by atoms with Crippen molar-refractivity contribution in [2.75, 3.05) is 25.1 Å². The number of aromatic nitrogens is 1. The van der Waals surface area contributed by atoms with Crippen LogP contribution in [0.15, 0.2) is 0 Å². The summed E-state index contributed by atoms with van der Waals surface area (Å²) in [6.07, 6.45) is 0. The van der Waals surface area contributed by atoms with E-state index in [0.717, 1.165) is 23.9 Å². The largest absolute Gasteiger partial charge is 0.465 e. The number of carbonyl (C=O) groups excluding carboxylic acids is 1. The van der Waals surface area contributed by atoms with Crippen LogP contribution in [0.4, 0.5) is 5.13 Å². The molecule has 0 amide bonds. The lowest BCUT2D eigenvalue weighted by molar-refractivity contribution is -0.133. The van der Waals surface area contributed by atoms with Crippen molar-refractivity contribution >= 4 is 22.4 Å². The number of carbonyl (C=O) groups is 1. The molecule has 112 valence electrons. The van der Waals surface area contributed by atoms with Crippen LogP contribution in [-0.2, 0) is 9.47 Å². The van der Waals surface area contributed by atoms with Crippen LogP contribution in [0.5, 0.6) is 0 Å². The molecule has 1 aromatic rings. The van der Waals surface area contributed by atoms with Gasteiger partial charge in [0.25, 0.3) is 0 Å². The Morgan fingerprint density at radius 3 is 2.35 bits per heavy atom. The molecule has 0 radical (unpaired) electrons. The van der Waals surface area contributed by atoms with Crippen molar-refractivity contribution in [2.24, 2.45) is 0 Å². The van der Waals surface area contributed by atoms with Crippen molar-refractivity contribution in [1.29, 1.82) is 0 Å². The summed E-state index contributed by atoms with van der Waals surface area (Å²) in [5.41, 5.74) is 0.235. The molecule has 0 saturated carbocycles. The van der Waals surface area contributed by atoms with Gasteiger partial charge < -0.3 is 14.4 Å². The maximum absolute atomic E-state index is 11.7. The minimum Gasteiger partial charge on any atom is -0.465 e. The Bertz CT molecular complexity index is 506. The highest BCUT2D eigenvalue weighted by atomic mass is 32.1. The van der Waals surface area contributed by atoms with Gasteiger partial charge in [-0.2, -0.15) is 0 Å². The summed E-state index contributed by atoms with van der Waals surface area (Å²) in [6, 6.07) is 0. The average molecular weight is 298 g/mol. The molecule has 1 aliphatic heterocycles. The number of ether oxygens (including phenoxy) is 2. The second-order valence-electron chi connectivity index (χ2n) is 6.38. The summed E-state index contributed by atoms with van der Waals surface area (Å²) in [5.74, 6) is -0.321. The summed E-state index contributed by atoms with van der Waals surface area (Å²) in [4.78, 5) is 19.0. The summed E-state index contributed by atoms with van der Waals surface area (Å²) in [5, 5.41) is 0.854. The molecule has 1 aliphatic rings. The normalized spacial score (nSPS) is 20.8. The molecule has 1 fully saturated rings. The number of hydrogen-bond acceptors (Lipinski definition) is 6. The van der Waals surface area contributed by atoms with E-state index in [1.807, 2.05) is 6.92 Å². The molecular formula is C14H22N2O3S. The molecule has 0 aromatic carbocycles. The van der Waals surface area contributed by atoms with Crippen LogP contribution in [0.2, 0.25) is 0 Å². The number of methoxy groups -OCH3 is 1. The number of morpholine rings is 1. The van der Waals surface area contributed by atoms with Gasteiger partial charge in [0.05, 0.1) is 24.0 Å². The number of thiazole rings is 1. The zero-order valence-corrected chi connectivity index (χ0v) is 13.8. The van der Waals surface area contributed by atoms with Crippen molar-refractivity contribution in [2.45, 2.75) is 45.8 Å². The van der Waals surface area contributed by atoms with Gasteiger partial charge in [0.2, 0.25) is 0 Å². The monoisotopic (exact) mass is 298 g/mol. The van der Waals surface area contributed by atoms with Crippen LogP contribution < -0.4 is 4.90 Å². The van der Waals surface area contributed by atoms with Gasteiger partial charge >= 0.3 is 5.97 Å².